The van der Waals surface area contributed by atoms with Crippen LogP contribution >= 0.6 is 0 Å². The molecule has 13 nitrogen and oxygen atoms in total. The standard InChI is InChI=1S/C40H45N9O4/c1-41-24-36(50)42-17-7-6-12-35-44-22-32(45-35)29-16-14-26-19-28(15-13-27(26)20-29)30-21-31-33(23-43-30)47-38(46-31)34-11-8-18-49(34)39(51)37(48-40(52)53-2)25-9-4-3-5-10-25/h4-5,9-10,13-16,19-23,25,34,37,41H,3,6-8,11-12,17-18,24H2,1-2H3,(H,42,50)(H,44,45)(H,46,47)(H,48,52). The van der Waals surface area contributed by atoms with Crippen molar-refractivity contribution in [3.8, 4) is 22.5 Å². The third-order valence-electron chi connectivity index (χ3n) is 9.91. The average molecular weight is 716 g/mol. The smallest absolute Gasteiger partial charge is 0.407 e. The molecule has 1 aliphatic heterocycles. The van der Waals surface area contributed by atoms with E-state index in [2.05, 4.69) is 67.3 Å². The number of fused-ring (bicyclic) bond motifs is 2. The fourth-order valence-electron chi connectivity index (χ4n) is 7.16. The van der Waals surface area contributed by atoms with Gasteiger partial charge in [-0.3, -0.25) is 14.6 Å². The number of imidazole rings is 2. The number of aromatic amines is 2. The molecule has 5 aromatic rings. The third-order valence-corrected chi connectivity index (χ3v) is 9.91. The van der Waals surface area contributed by atoms with Gasteiger partial charge in [-0.2, -0.15) is 0 Å². The molecule has 7 rings (SSSR count). The van der Waals surface area contributed by atoms with Crippen molar-refractivity contribution in [2.24, 2.45) is 5.92 Å². The van der Waals surface area contributed by atoms with Gasteiger partial charge in [-0.1, -0.05) is 48.6 Å². The van der Waals surface area contributed by atoms with E-state index in [9.17, 15) is 14.4 Å². The Balaban J connectivity index is 1.03. The Morgan fingerprint density at radius 2 is 1.77 bits per heavy atom. The third kappa shape index (κ3) is 8.15. The van der Waals surface area contributed by atoms with Gasteiger partial charge < -0.3 is 35.6 Å². The van der Waals surface area contributed by atoms with Gasteiger partial charge in [0.15, 0.2) is 0 Å². The van der Waals surface area contributed by atoms with Gasteiger partial charge in [-0.15, -0.1) is 0 Å². The summed E-state index contributed by atoms with van der Waals surface area (Å²) in [4.78, 5) is 60.8. The molecule has 274 valence electrons. The van der Waals surface area contributed by atoms with Crippen LogP contribution in [0.25, 0.3) is 44.3 Å². The number of alkyl carbamates (subject to hydrolysis) is 1. The van der Waals surface area contributed by atoms with Gasteiger partial charge in [-0.25, -0.2) is 14.8 Å². The van der Waals surface area contributed by atoms with Crippen molar-refractivity contribution in [3.05, 3.63) is 90.8 Å². The van der Waals surface area contributed by atoms with Crippen LogP contribution in [0, 0.1) is 5.92 Å². The topological polar surface area (TPSA) is 170 Å². The molecular weight excluding hydrogens is 670 g/mol. The maximum atomic E-state index is 14.0. The minimum atomic E-state index is -0.777. The number of rotatable bonds is 13. The lowest BCUT2D eigenvalue weighted by molar-refractivity contribution is -0.135. The second kappa shape index (κ2) is 16.2. The number of carbonyl (C=O) groups is 3. The lowest BCUT2D eigenvalue weighted by atomic mass is 9.93. The van der Waals surface area contributed by atoms with E-state index < -0.39 is 12.1 Å². The number of methoxy groups -OCH3 is 1. The quantitative estimate of drug-likeness (QED) is 0.0803. The number of pyridine rings is 1. The Kier molecular flexibility index (Phi) is 10.9. The molecule has 4 heterocycles. The van der Waals surface area contributed by atoms with Gasteiger partial charge in [-0.05, 0) is 68.1 Å². The van der Waals surface area contributed by atoms with Crippen molar-refractivity contribution < 1.29 is 19.1 Å². The van der Waals surface area contributed by atoms with Gasteiger partial charge in [0.2, 0.25) is 11.8 Å². The van der Waals surface area contributed by atoms with E-state index in [1.165, 1.54) is 7.11 Å². The summed E-state index contributed by atoms with van der Waals surface area (Å²) in [7, 11) is 3.06. The lowest BCUT2D eigenvalue weighted by Crippen LogP contribution is -2.51. The highest BCUT2D eigenvalue weighted by molar-refractivity contribution is 5.91. The van der Waals surface area contributed by atoms with Crippen molar-refractivity contribution in [2.45, 2.75) is 50.6 Å². The molecule has 2 aliphatic rings. The van der Waals surface area contributed by atoms with Crippen molar-refractivity contribution >= 4 is 39.7 Å². The number of aryl methyl sites for hydroxylation is 1. The van der Waals surface area contributed by atoms with Crippen LogP contribution in [0.2, 0.25) is 0 Å². The van der Waals surface area contributed by atoms with Crippen molar-refractivity contribution in [1.82, 2.24) is 45.8 Å². The molecule has 0 spiro atoms. The number of nitrogens with one attached hydrogen (secondary N) is 5. The van der Waals surface area contributed by atoms with Gasteiger partial charge in [0, 0.05) is 36.6 Å². The molecule has 1 saturated heterocycles. The summed E-state index contributed by atoms with van der Waals surface area (Å²) in [5.74, 6) is 1.22. The van der Waals surface area contributed by atoms with E-state index in [-0.39, 0.29) is 23.8 Å². The van der Waals surface area contributed by atoms with Crippen LogP contribution in [0.4, 0.5) is 4.79 Å². The molecule has 1 aliphatic carbocycles. The number of nitrogens with zero attached hydrogens (tertiary/aromatic N) is 4. The first kappa shape index (κ1) is 35.6. The molecule has 2 unspecified atom stereocenters. The molecule has 2 aromatic carbocycles. The Labute approximate surface area is 307 Å². The normalized spacial score (nSPS) is 16.3. The fourth-order valence-corrected chi connectivity index (χ4v) is 7.16. The minimum Gasteiger partial charge on any atom is -0.453 e. The SMILES string of the molecule is CNCC(=O)NCCCCc1ncc(-c2ccc3cc(-c4cc5nc(C6CCCN6C(=O)C(NC(=O)OC)C6C=CCC=C6)[nH]c5cn4)ccc3c2)[nH]1. The summed E-state index contributed by atoms with van der Waals surface area (Å²) in [6.45, 7) is 1.56. The molecule has 3 amide bonds. The van der Waals surface area contributed by atoms with Crippen LogP contribution in [-0.4, -0.2) is 87.6 Å². The summed E-state index contributed by atoms with van der Waals surface area (Å²) in [6, 6.07) is 13.6. The predicted octanol–water partition coefficient (Wildman–Crippen LogP) is 5.35. The van der Waals surface area contributed by atoms with Crippen LogP contribution in [0.3, 0.4) is 0 Å². The Morgan fingerprint density at radius 1 is 0.981 bits per heavy atom. The Hall–Kier alpha value is -5.82. The first-order valence-electron chi connectivity index (χ1n) is 18.2. The van der Waals surface area contributed by atoms with E-state index in [1.807, 2.05) is 41.5 Å². The number of aromatic nitrogens is 5. The number of H-pyrrole nitrogens is 2. The van der Waals surface area contributed by atoms with Crippen molar-refractivity contribution in [2.75, 3.05) is 33.8 Å². The van der Waals surface area contributed by atoms with E-state index in [0.717, 1.165) is 88.7 Å². The Bertz CT molecular complexity index is 2160. The predicted molar refractivity (Wildman–Crippen MR) is 204 cm³/mol. The molecule has 0 radical (unpaired) electrons. The summed E-state index contributed by atoms with van der Waals surface area (Å²) in [6.07, 6.45) is 16.0. The molecular formula is C40H45N9O4. The fraction of sp³-hybridized carbons (Fsp3) is 0.350. The summed E-state index contributed by atoms with van der Waals surface area (Å²) >= 11 is 0. The van der Waals surface area contributed by atoms with E-state index in [0.29, 0.717) is 25.5 Å². The number of hydrogen-bond donors (Lipinski definition) is 5. The molecule has 5 N–H and O–H groups in total. The second-order valence-corrected chi connectivity index (χ2v) is 13.5. The van der Waals surface area contributed by atoms with Crippen molar-refractivity contribution in [3.63, 3.8) is 0 Å². The highest BCUT2D eigenvalue weighted by Gasteiger charge is 2.38. The van der Waals surface area contributed by atoms with Gasteiger partial charge in [0.05, 0.1) is 54.5 Å². The maximum Gasteiger partial charge on any atom is 0.407 e. The highest BCUT2D eigenvalue weighted by atomic mass is 16.5. The van der Waals surface area contributed by atoms with Crippen molar-refractivity contribution in [1.29, 1.82) is 0 Å². The number of allylic oxidation sites excluding steroid dienone is 2. The average Bonchev–Trinajstić information content (AvgIpc) is 3.96. The van der Waals surface area contributed by atoms with Gasteiger partial charge in [0.25, 0.3) is 0 Å². The molecule has 53 heavy (non-hydrogen) atoms. The number of benzene rings is 2. The summed E-state index contributed by atoms with van der Waals surface area (Å²) < 4.78 is 4.85. The highest BCUT2D eigenvalue weighted by Crippen LogP contribution is 2.34. The van der Waals surface area contributed by atoms with E-state index >= 15 is 0 Å². The van der Waals surface area contributed by atoms with Crippen LogP contribution in [-0.2, 0) is 20.7 Å². The van der Waals surface area contributed by atoms with Crippen LogP contribution in [0.5, 0.6) is 0 Å². The monoisotopic (exact) mass is 715 g/mol. The zero-order chi connectivity index (χ0) is 36.7. The number of ether oxygens (including phenoxy) is 1. The number of unbranched alkanes of at least 4 members (excludes halogenated alkanes) is 1. The molecule has 0 bridgehead atoms. The second-order valence-electron chi connectivity index (χ2n) is 13.5. The number of likely N-dealkylation sites (N-methyl/N-ethyl adjacent to an activating group) is 1. The zero-order valence-electron chi connectivity index (χ0n) is 30.0. The van der Waals surface area contributed by atoms with Gasteiger partial charge >= 0.3 is 6.09 Å². The summed E-state index contributed by atoms with van der Waals surface area (Å²) in [5, 5.41) is 10.7. The molecule has 1 fully saturated rings. The first-order valence-corrected chi connectivity index (χ1v) is 18.2. The molecule has 3 aromatic heterocycles. The van der Waals surface area contributed by atoms with Crippen LogP contribution in [0.15, 0.2) is 79.2 Å². The number of likely N-dealkylation sites (tertiary alicyclic amines) is 1. The Morgan fingerprint density at radius 3 is 2.57 bits per heavy atom. The molecule has 2 atom stereocenters. The molecule has 0 saturated carbocycles. The van der Waals surface area contributed by atoms with E-state index in [1.54, 1.807) is 13.2 Å². The zero-order valence-corrected chi connectivity index (χ0v) is 30.0. The summed E-state index contributed by atoms with van der Waals surface area (Å²) in [5.41, 5.74) is 5.38. The molecule has 13 heteroatoms. The van der Waals surface area contributed by atoms with E-state index in [4.69, 9.17) is 14.7 Å². The number of carbonyl (C=O) groups excluding carboxylic acids is 3. The lowest BCUT2D eigenvalue weighted by Gasteiger charge is -2.31. The van der Waals surface area contributed by atoms with Crippen LogP contribution in [0.1, 0.15) is 49.8 Å². The minimum absolute atomic E-state index is 0.00935. The first-order chi connectivity index (χ1) is 25.9. The number of hydrogen-bond acceptors (Lipinski definition) is 8. The van der Waals surface area contributed by atoms with Gasteiger partial charge in [0.1, 0.15) is 17.7 Å². The maximum absolute atomic E-state index is 14.0. The van der Waals surface area contributed by atoms with Crippen LogP contribution < -0.4 is 16.0 Å². The number of amides is 3. The largest absolute Gasteiger partial charge is 0.453 e.